The van der Waals surface area contributed by atoms with Crippen molar-refractivity contribution in [1.29, 1.82) is 0 Å². The van der Waals surface area contributed by atoms with Crippen molar-refractivity contribution in [3.05, 3.63) is 72.9 Å². The lowest BCUT2D eigenvalue weighted by atomic mass is 10.0. The van der Waals surface area contributed by atoms with Crippen LogP contribution in [0, 0.1) is 0 Å². The van der Waals surface area contributed by atoms with Gasteiger partial charge in [-0.1, -0.05) is 216 Å². The molecule has 1 amide bonds. The van der Waals surface area contributed by atoms with E-state index < -0.39 is 18.2 Å². The summed E-state index contributed by atoms with van der Waals surface area (Å²) in [6.07, 6.45) is 59.7. The number of aliphatic hydroxyl groups excluding tert-OH is 2. The third kappa shape index (κ3) is 42.0. The van der Waals surface area contributed by atoms with E-state index in [0.717, 1.165) is 70.6 Å². The molecule has 0 aromatic heterocycles. The molecule has 60 heavy (non-hydrogen) atoms. The molecule has 346 valence electrons. The van der Waals surface area contributed by atoms with Gasteiger partial charge in [-0.25, -0.2) is 0 Å². The highest BCUT2D eigenvalue weighted by Crippen LogP contribution is 2.16. The molecule has 0 radical (unpaired) electrons. The van der Waals surface area contributed by atoms with Crippen LogP contribution in [0.3, 0.4) is 0 Å². The van der Waals surface area contributed by atoms with Crippen LogP contribution in [-0.2, 0) is 14.3 Å². The molecule has 0 heterocycles. The van der Waals surface area contributed by atoms with Gasteiger partial charge in [0.25, 0.3) is 0 Å². The topological polar surface area (TPSA) is 95.9 Å². The fourth-order valence-electron chi connectivity index (χ4n) is 7.24. The largest absolute Gasteiger partial charge is 0.462 e. The van der Waals surface area contributed by atoms with Gasteiger partial charge in [-0.2, -0.15) is 0 Å². The minimum absolute atomic E-state index is 0.0249. The van der Waals surface area contributed by atoms with Crippen LogP contribution in [0.15, 0.2) is 72.9 Å². The van der Waals surface area contributed by atoms with Crippen LogP contribution in [-0.4, -0.2) is 46.9 Å². The molecule has 0 rings (SSSR count). The minimum atomic E-state index is -0.808. The molecular formula is C54H95NO5. The molecule has 6 nitrogen and oxygen atoms in total. The Morgan fingerprint density at radius 1 is 0.500 bits per heavy atom. The second-order valence-corrected chi connectivity index (χ2v) is 16.8. The van der Waals surface area contributed by atoms with Crippen LogP contribution in [0.2, 0.25) is 0 Å². The first-order chi connectivity index (χ1) is 29.5. The number of esters is 1. The van der Waals surface area contributed by atoms with E-state index in [2.05, 4.69) is 92.9 Å². The van der Waals surface area contributed by atoms with Crippen LogP contribution in [0.5, 0.6) is 0 Å². The number of allylic oxidation sites excluding steroid dienone is 12. The molecule has 0 aromatic rings. The first-order valence-corrected chi connectivity index (χ1v) is 25.2. The monoisotopic (exact) mass is 838 g/mol. The van der Waals surface area contributed by atoms with E-state index in [-0.39, 0.29) is 31.3 Å². The maximum Gasteiger partial charge on any atom is 0.306 e. The lowest BCUT2D eigenvalue weighted by molar-refractivity contribution is -0.150. The van der Waals surface area contributed by atoms with Crippen molar-refractivity contribution in [2.45, 2.75) is 251 Å². The van der Waals surface area contributed by atoms with Crippen molar-refractivity contribution in [3.63, 3.8) is 0 Å². The van der Waals surface area contributed by atoms with Crippen LogP contribution in [0.1, 0.15) is 233 Å². The Hall–Kier alpha value is -2.70. The number of nitrogens with one attached hydrogen (secondary N) is 1. The van der Waals surface area contributed by atoms with E-state index in [1.54, 1.807) is 0 Å². The average Bonchev–Trinajstić information content (AvgIpc) is 3.24. The fourth-order valence-corrected chi connectivity index (χ4v) is 7.24. The summed E-state index contributed by atoms with van der Waals surface area (Å²) in [4.78, 5) is 26.0. The van der Waals surface area contributed by atoms with Crippen molar-refractivity contribution >= 4 is 11.9 Å². The molecule has 0 aromatic carbocycles. The molecule has 0 saturated heterocycles. The zero-order valence-electron chi connectivity index (χ0n) is 39.3. The van der Waals surface area contributed by atoms with Crippen molar-refractivity contribution in [2.75, 3.05) is 6.61 Å². The van der Waals surface area contributed by atoms with Gasteiger partial charge in [0.1, 0.15) is 6.10 Å². The fraction of sp³-hybridized carbons (Fsp3) is 0.741. The number of amides is 1. The van der Waals surface area contributed by atoms with E-state index in [4.69, 9.17) is 4.74 Å². The normalized spacial score (nSPS) is 13.9. The maximum absolute atomic E-state index is 13.2. The number of carbonyl (C=O) groups is 2. The summed E-state index contributed by atoms with van der Waals surface area (Å²) in [5.74, 6) is -0.604. The van der Waals surface area contributed by atoms with Gasteiger partial charge in [-0.3, -0.25) is 9.59 Å². The van der Waals surface area contributed by atoms with Crippen LogP contribution >= 0.6 is 0 Å². The number of rotatable bonds is 44. The quantitative estimate of drug-likeness (QED) is 0.0323. The lowest BCUT2D eigenvalue weighted by Crippen LogP contribution is -2.46. The van der Waals surface area contributed by atoms with Crippen molar-refractivity contribution in [2.24, 2.45) is 0 Å². The highest BCUT2D eigenvalue weighted by molar-refractivity contribution is 5.77. The Bertz CT molecular complexity index is 1120. The minimum Gasteiger partial charge on any atom is -0.462 e. The number of unbranched alkanes of at least 4 members (excludes halogenated alkanes) is 20. The predicted molar refractivity (Wildman–Crippen MR) is 259 cm³/mol. The molecule has 0 bridgehead atoms. The van der Waals surface area contributed by atoms with Crippen molar-refractivity contribution in [3.8, 4) is 0 Å². The summed E-state index contributed by atoms with van der Waals surface area (Å²) in [6, 6.07) is -0.726. The van der Waals surface area contributed by atoms with Crippen molar-refractivity contribution in [1.82, 2.24) is 5.32 Å². The van der Waals surface area contributed by atoms with Crippen LogP contribution < -0.4 is 5.32 Å². The van der Waals surface area contributed by atoms with E-state index in [9.17, 15) is 19.8 Å². The molecule has 0 aliphatic heterocycles. The average molecular weight is 838 g/mol. The zero-order chi connectivity index (χ0) is 43.8. The molecule has 0 fully saturated rings. The van der Waals surface area contributed by atoms with Crippen molar-refractivity contribution < 1.29 is 24.5 Å². The summed E-state index contributed by atoms with van der Waals surface area (Å²) < 4.78 is 5.86. The van der Waals surface area contributed by atoms with Gasteiger partial charge in [0, 0.05) is 6.42 Å². The molecule has 3 atom stereocenters. The van der Waals surface area contributed by atoms with E-state index >= 15 is 0 Å². The Morgan fingerprint density at radius 3 is 1.40 bits per heavy atom. The van der Waals surface area contributed by atoms with E-state index in [0.29, 0.717) is 19.3 Å². The molecule has 3 N–H and O–H groups in total. The number of aliphatic hydroxyl groups is 2. The summed E-state index contributed by atoms with van der Waals surface area (Å²) in [7, 11) is 0. The van der Waals surface area contributed by atoms with E-state index in [1.165, 1.54) is 109 Å². The molecule has 6 heteroatoms. The Kier molecular flexibility index (Phi) is 45.2. The van der Waals surface area contributed by atoms with Gasteiger partial charge < -0.3 is 20.3 Å². The van der Waals surface area contributed by atoms with Gasteiger partial charge >= 0.3 is 5.97 Å². The standard InChI is InChI=1S/C54H95NO5/c1-4-7-10-13-16-19-22-25-26-27-29-32-35-38-41-44-47-54(59)60-50(45-42-39-36-33-30-24-21-18-15-12-9-6-3)48-53(58)55-51(49-56)52(57)46-43-40-37-34-31-28-23-20-17-14-11-8-5-2/h7,10,16,19,25-26,29,32-33,36,38,41,50-52,56-57H,4-6,8-9,11-15,17-18,20-24,27-28,30-31,34-35,37,39-40,42-49H2,1-3H3,(H,55,58)/b10-7+,19-16+,26-25+,32-29+,36-33-,41-38+. The van der Waals surface area contributed by atoms with Gasteiger partial charge in [0.05, 0.1) is 25.2 Å². The third-order valence-corrected chi connectivity index (χ3v) is 11.0. The summed E-state index contributed by atoms with van der Waals surface area (Å²) in [5.41, 5.74) is 0. The summed E-state index contributed by atoms with van der Waals surface area (Å²) >= 11 is 0. The molecule has 0 aliphatic carbocycles. The number of hydrogen-bond donors (Lipinski definition) is 3. The SMILES string of the molecule is CC/C=C/C/C=C/C/C=C/C/C=C/C/C=C/CCC(=O)OC(CCC/C=C\CCCCCCCCC)CC(=O)NC(CO)C(O)CCCCCCCCCCCCCCC. The smallest absolute Gasteiger partial charge is 0.306 e. The molecule has 0 aliphatic rings. The summed E-state index contributed by atoms with van der Waals surface area (Å²) in [5, 5.41) is 23.7. The Morgan fingerprint density at radius 2 is 0.917 bits per heavy atom. The second kappa shape index (κ2) is 47.4. The van der Waals surface area contributed by atoms with Gasteiger partial charge in [0.2, 0.25) is 5.91 Å². The highest BCUT2D eigenvalue weighted by Gasteiger charge is 2.23. The summed E-state index contributed by atoms with van der Waals surface area (Å²) in [6.45, 7) is 6.33. The van der Waals surface area contributed by atoms with Gasteiger partial charge in [-0.15, -0.1) is 0 Å². The highest BCUT2D eigenvalue weighted by atomic mass is 16.5. The Balaban J connectivity index is 4.71. The molecule has 0 spiro atoms. The number of carbonyl (C=O) groups excluding carboxylic acids is 2. The second-order valence-electron chi connectivity index (χ2n) is 16.8. The third-order valence-electron chi connectivity index (χ3n) is 11.0. The zero-order valence-corrected chi connectivity index (χ0v) is 39.3. The van der Waals surface area contributed by atoms with Gasteiger partial charge in [-0.05, 0) is 77.0 Å². The first-order valence-electron chi connectivity index (χ1n) is 25.2. The molecule has 0 saturated carbocycles. The maximum atomic E-state index is 13.2. The number of ether oxygens (including phenoxy) is 1. The predicted octanol–water partition coefficient (Wildman–Crippen LogP) is 15.0. The Labute approximate surface area is 371 Å². The number of hydrogen-bond acceptors (Lipinski definition) is 5. The lowest BCUT2D eigenvalue weighted by Gasteiger charge is -2.24. The molecule has 3 unspecified atom stereocenters. The van der Waals surface area contributed by atoms with Crippen LogP contribution in [0.25, 0.3) is 0 Å². The van der Waals surface area contributed by atoms with Crippen LogP contribution in [0.4, 0.5) is 0 Å². The van der Waals surface area contributed by atoms with Gasteiger partial charge in [0.15, 0.2) is 0 Å². The molecular weight excluding hydrogens is 743 g/mol. The first kappa shape index (κ1) is 57.3. The van der Waals surface area contributed by atoms with E-state index in [1.807, 2.05) is 6.08 Å².